The third-order valence-electron chi connectivity index (χ3n) is 4.86. The van der Waals surface area contributed by atoms with Gasteiger partial charge in [-0.1, -0.05) is 0 Å². The number of ether oxygens (including phenoxy) is 3. The van der Waals surface area contributed by atoms with Crippen LogP contribution in [-0.4, -0.2) is 52.0 Å². The number of rotatable bonds is 2. The van der Waals surface area contributed by atoms with Gasteiger partial charge in [0.25, 0.3) is 0 Å². The number of aromatic nitrogens is 2. The van der Waals surface area contributed by atoms with Crippen LogP contribution in [-0.2, 0) is 14.2 Å². The van der Waals surface area contributed by atoms with Gasteiger partial charge >= 0.3 is 5.69 Å². The Kier molecular flexibility index (Phi) is 2.75. The highest BCUT2D eigenvalue weighted by molar-refractivity contribution is 5.29. The first-order valence-electron chi connectivity index (χ1n) is 7.32. The molecule has 0 bridgehead atoms. The lowest BCUT2D eigenvalue weighted by molar-refractivity contribution is -0.305. The number of hydrogen-bond donors (Lipinski definition) is 2. The number of anilines is 1. The summed E-state index contributed by atoms with van der Waals surface area (Å²) in [5, 5.41) is 9.51. The Morgan fingerprint density at radius 1 is 1.50 bits per heavy atom. The highest BCUT2D eigenvalue weighted by Crippen LogP contribution is 2.68. The highest BCUT2D eigenvalue weighted by Gasteiger charge is 2.80. The standard InChI is InChI=1S/C14H19N3O5/c1-13(2)20-6-14-9(17-4-3-8(15)16-12(17)19)11(14)21-7(5-18)10(14)22-13/h3-4,7,9-11,18H,5-6H2,1-2H3,(H2,15,16,19)/t7-,9?,10?,11+,14?/m1/s1. The molecule has 0 amide bonds. The van der Waals surface area contributed by atoms with Crippen molar-refractivity contribution in [3.63, 3.8) is 0 Å². The lowest BCUT2D eigenvalue weighted by Crippen LogP contribution is -2.52. The second-order valence-electron chi connectivity index (χ2n) is 6.60. The monoisotopic (exact) mass is 309 g/mol. The molecule has 1 aliphatic carbocycles. The fraction of sp³-hybridized carbons (Fsp3) is 0.714. The summed E-state index contributed by atoms with van der Waals surface area (Å²) in [4.78, 5) is 15.9. The summed E-state index contributed by atoms with van der Waals surface area (Å²) in [6.45, 7) is 3.94. The maximum atomic E-state index is 12.1. The molecule has 1 aromatic heterocycles. The van der Waals surface area contributed by atoms with Gasteiger partial charge < -0.3 is 25.1 Å². The minimum atomic E-state index is -0.737. The predicted octanol–water partition coefficient (Wildman–Crippen LogP) is -0.722. The summed E-state index contributed by atoms with van der Waals surface area (Å²) in [5.74, 6) is -0.550. The van der Waals surface area contributed by atoms with Gasteiger partial charge in [0.1, 0.15) is 18.0 Å². The molecule has 3 heterocycles. The van der Waals surface area contributed by atoms with Crippen LogP contribution in [0.4, 0.5) is 5.82 Å². The van der Waals surface area contributed by atoms with Crippen LogP contribution in [0, 0.1) is 5.41 Å². The summed E-state index contributed by atoms with van der Waals surface area (Å²) < 4.78 is 19.2. The van der Waals surface area contributed by atoms with Gasteiger partial charge in [0.05, 0.1) is 30.8 Å². The van der Waals surface area contributed by atoms with Crippen molar-refractivity contribution in [1.29, 1.82) is 0 Å². The molecule has 4 rings (SSSR count). The maximum absolute atomic E-state index is 12.1. The minimum Gasteiger partial charge on any atom is -0.394 e. The molecule has 2 aliphatic heterocycles. The number of nitrogens with two attached hydrogens (primary N) is 1. The number of hydrogen-bond acceptors (Lipinski definition) is 7. The molecule has 120 valence electrons. The minimum absolute atomic E-state index is 0.124. The van der Waals surface area contributed by atoms with Gasteiger partial charge in [-0.05, 0) is 19.9 Å². The van der Waals surface area contributed by atoms with Crippen molar-refractivity contribution in [3.8, 4) is 0 Å². The number of nitrogens with zero attached hydrogens (tertiary/aromatic N) is 2. The predicted molar refractivity (Wildman–Crippen MR) is 75.0 cm³/mol. The molecule has 0 aromatic carbocycles. The molecule has 2 saturated heterocycles. The third kappa shape index (κ3) is 1.72. The van der Waals surface area contributed by atoms with E-state index in [9.17, 15) is 9.90 Å². The van der Waals surface area contributed by atoms with E-state index in [-0.39, 0.29) is 30.7 Å². The summed E-state index contributed by atoms with van der Waals surface area (Å²) >= 11 is 0. The summed E-state index contributed by atoms with van der Waals surface area (Å²) in [6, 6.07) is 1.37. The Bertz CT molecular complexity index is 675. The smallest absolute Gasteiger partial charge is 0.349 e. The van der Waals surface area contributed by atoms with Gasteiger partial charge in [-0.3, -0.25) is 4.57 Å². The average Bonchev–Trinajstić information content (AvgIpc) is 2.95. The second kappa shape index (κ2) is 4.29. The number of nitrogen functional groups attached to an aromatic ring is 1. The van der Waals surface area contributed by atoms with Crippen LogP contribution in [0.25, 0.3) is 0 Å². The van der Waals surface area contributed by atoms with Crippen LogP contribution < -0.4 is 11.4 Å². The highest BCUT2D eigenvalue weighted by atomic mass is 16.7. The quantitative estimate of drug-likeness (QED) is 0.742. The molecular weight excluding hydrogens is 290 g/mol. The first kappa shape index (κ1) is 14.1. The third-order valence-corrected chi connectivity index (χ3v) is 4.86. The van der Waals surface area contributed by atoms with E-state index in [1.807, 2.05) is 13.8 Å². The van der Waals surface area contributed by atoms with Crippen LogP contribution in [0.3, 0.4) is 0 Å². The van der Waals surface area contributed by atoms with E-state index in [0.717, 1.165) is 0 Å². The van der Waals surface area contributed by atoms with Gasteiger partial charge in [-0.2, -0.15) is 4.98 Å². The van der Waals surface area contributed by atoms with E-state index in [4.69, 9.17) is 19.9 Å². The number of aliphatic hydroxyl groups is 1. The molecule has 3 N–H and O–H groups in total. The molecule has 3 fully saturated rings. The van der Waals surface area contributed by atoms with Crippen LogP contribution in [0.1, 0.15) is 19.9 Å². The molecular formula is C14H19N3O5. The zero-order chi connectivity index (χ0) is 15.7. The summed E-state index contributed by atoms with van der Waals surface area (Å²) in [5.41, 5.74) is 4.67. The second-order valence-corrected chi connectivity index (χ2v) is 6.60. The Hall–Kier alpha value is -1.48. The van der Waals surface area contributed by atoms with E-state index in [2.05, 4.69) is 4.98 Å². The molecule has 1 spiro atoms. The number of aliphatic hydroxyl groups excluding tert-OH is 1. The van der Waals surface area contributed by atoms with Crippen LogP contribution in [0.15, 0.2) is 17.1 Å². The van der Waals surface area contributed by atoms with E-state index in [0.29, 0.717) is 6.61 Å². The fourth-order valence-electron chi connectivity index (χ4n) is 3.79. The molecule has 0 radical (unpaired) electrons. The van der Waals surface area contributed by atoms with Crippen molar-refractivity contribution in [2.45, 2.75) is 44.0 Å². The van der Waals surface area contributed by atoms with E-state index in [1.54, 1.807) is 12.3 Å². The van der Waals surface area contributed by atoms with Gasteiger partial charge in [0.2, 0.25) is 0 Å². The zero-order valence-corrected chi connectivity index (χ0v) is 12.4. The van der Waals surface area contributed by atoms with Crippen molar-refractivity contribution in [2.24, 2.45) is 5.41 Å². The molecule has 8 heteroatoms. The van der Waals surface area contributed by atoms with Crippen molar-refractivity contribution >= 4 is 5.82 Å². The molecule has 1 aromatic rings. The average molecular weight is 309 g/mol. The Balaban J connectivity index is 1.71. The normalized spacial score (nSPS) is 41.8. The fourth-order valence-corrected chi connectivity index (χ4v) is 3.79. The Morgan fingerprint density at radius 3 is 2.95 bits per heavy atom. The van der Waals surface area contributed by atoms with Gasteiger partial charge in [0, 0.05) is 6.20 Å². The summed E-state index contributed by atoms with van der Waals surface area (Å²) in [7, 11) is 0. The molecule has 3 aliphatic rings. The van der Waals surface area contributed by atoms with Gasteiger partial charge in [-0.25, -0.2) is 4.79 Å². The van der Waals surface area contributed by atoms with Gasteiger partial charge in [0.15, 0.2) is 5.79 Å². The Morgan fingerprint density at radius 2 is 2.27 bits per heavy atom. The molecule has 22 heavy (non-hydrogen) atoms. The molecule has 5 atom stereocenters. The van der Waals surface area contributed by atoms with E-state index >= 15 is 0 Å². The van der Waals surface area contributed by atoms with Crippen molar-refractivity contribution in [1.82, 2.24) is 9.55 Å². The van der Waals surface area contributed by atoms with E-state index in [1.165, 1.54) is 4.57 Å². The lowest BCUT2D eigenvalue weighted by atomic mass is 9.94. The largest absolute Gasteiger partial charge is 0.394 e. The first-order valence-corrected chi connectivity index (χ1v) is 7.32. The van der Waals surface area contributed by atoms with Crippen molar-refractivity contribution < 1.29 is 19.3 Å². The van der Waals surface area contributed by atoms with Crippen LogP contribution in [0.5, 0.6) is 0 Å². The van der Waals surface area contributed by atoms with Gasteiger partial charge in [-0.15, -0.1) is 0 Å². The Labute approximate surface area is 126 Å². The molecule has 3 unspecified atom stereocenters. The summed E-state index contributed by atoms with van der Waals surface area (Å²) in [6.07, 6.45) is 0.674. The maximum Gasteiger partial charge on any atom is 0.349 e. The van der Waals surface area contributed by atoms with Crippen LogP contribution >= 0.6 is 0 Å². The zero-order valence-electron chi connectivity index (χ0n) is 12.4. The topological polar surface area (TPSA) is 109 Å². The van der Waals surface area contributed by atoms with Crippen molar-refractivity contribution in [2.75, 3.05) is 18.9 Å². The first-order chi connectivity index (χ1) is 10.4. The lowest BCUT2D eigenvalue weighted by Gasteiger charge is -2.41. The molecule has 1 saturated carbocycles. The van der Waals surface area contributed by atoms with Crippen LogP contribution in [0.2, 0.25) is 0 Å². The van der Waals surface area contributed by atoms with Crippen molar-refractivity contribution in [3.05, 3.63) is 22.7 Å². The SMILES string of the molecule is CC1(C)OCC23C(O1)[C@@H](CO)O[C@H]2C3n1ccc(N)nc1=O. The molecule has 8 nitrogen and oxygen atoms in total. The van der Waals surface area contributed by atoms with E-state index < -0.39 is 23.0 Å².